The highest BCUT2D eigenvalue weighted by Crippen LogP contribution is 2.31. The third kappa shape index (κ3) is 5.08. The van der Waals surface area contributed by atoms with Crippen molar-refractivity contribution in [3.05, 3.63) is 94.7 Å². The summed E-state index contributed by atoms with van der Waals surface area (Å²) in [6.45, 7) is 3.12. The molecule has 3 N–H and O–H groups in total. The Morgan fingerprint density at radius 3 is 2.65 bits per heavy atom. The molecule has 43 heavy (non-hydrogen) atoms. The van der Waals surface area contributed by atoms with Crippen molar-refractivity contribution in [1.82, 2.24) is 24.9 Å². The van der Waals surface area contributed by atoms with Crippen LogP contribution in [0.4, 0.5) is 0 Å². The number of imide groups is 1. The fraction of sp³-hybridized carbons (Fsp3) is 0.303. The quantitative estimate of drug-likeness (QED) is 0.339. The summed E-state index contributed by atoms with van der Waals surface area (Å²) in [7, 11) is 0. The lowest BCUT2D eigenvalue weighted by Crippen LogP contribution is -2.52. The lowest BCUT2D eigenvalue weighted by atomic mass is 9.90. The molecule has 3 aliphatic rings. The predicted octanol–water partition coefficient (Wildman–Crippen LogP) is 3.27. The van der Waals surface area contributed by atoms with Crippen LogP contribution in [0.1, 0.15) is 69.0 Å². The molecule has 4 amide bonds. The molecule has 2 saturated heterocycles. The summed E-state index contributed by atoms with van der Waals surface area (Å²) in [6.07, 6.45) is 4.73. The van der Waals surface area contributed by atoms with Gasteiger partial charge in [0.1, 0.15) is 11.6 Å². The van der Waals surface area contributed by atoms with E-state index in [0.29, 0.717) is 35.5 Å². The Kier molecular flexibility index (Phi) is 6.78. The average molecular weight is 577 g/mol. The molecule has 1 unspecified atom stereocenters. The van der Waals surface area contributed by atoms with Crippen LogP contribution in [0.15, 0.2) is 66.9 Å². The summed E-state index contributed by atoms with van der Waals surface area (Å²) in [6, 6.07) is 19.3. The molecule has 4 aromatic rings. The van der Waals surface area contributed by atoms with E-state index in [0.717, 1.165) is 54.7 Å². The normalized spacial score (nSPS) is 20.8. The van der Waals surface area contributed by atoms with Crippen LogP contribution in [0.25, 0.3) is 16.6 Å². The minimum Gasteiger partial charge on any atom is -0.366 e. The maximum absolute atomic E-state index is 13.1. The SMILES string of the molecule is NC(=O)c1cccc2cn(-c3ccc([C@@H]4CCCN(Cc5ccc6c(c5)CN(C5CCC(=O)NC5=O)C6=O)C4)cc3)nc12. The summed E-state index contributed by atoms with van der Waals surface area (Å²) in [5.41, 5.74) is 11.5. The number of likely N-dealkylation sites (tertiary alicyclic amines) is 1. The average Bonchev–Trinajstić information content (AvgIpc) is 3.58. The van der Waals surface area contributed by atoms with E-state index in [4.69, 9.17) is 5.73 Å². The summed E-state index contributed by atoms with van der Waals surface area (Å²) in [5, 5.41) is 7.85. The Labute approximate surface area is 248 Å². The molecule has 4 heterocycles. The second-order valence-corrected chi connectivity index (χ2v) is 11.7. The third-order valence-electron chi connectivity index (χ3n) is 8.93. The van der Waals surface area contributed by atoms with E-state index in [2.05, 4.69) is 45.6 Å². The molecule has 7 rings (SSSR count). The monoisotopic (exact) mass is 576 g/mol. The third-order valence-corrected chi connectivity index (χ3v) is 8.93. The highest BCUT2D eigenvalue weighted by Gasteiger charge is 2.39. The van der Waals surface area contributed by atoms with Gasteiger partial charge in [-0.1, -0.05) is 36.4 Å². The van der Waals surface area contributed by atoms with Crippen LogP contribution >= 0.6 is 0 Å². The number of hydrogen-bond donors (Lipinski definition) is 2. The molecule has 3 aromatic carbocycles. The molecule has 0 radical (unpaired) electrons. The first-order chi connectivity index (χ1) is 20.8. The summed E-state index contributed by atoms with van der Waals surface area (Å²) in [5.74, 6) is -0.903. The van der Waals surface area contributed by atoms with Gasteiger partial charge in [-0.15, -0.1) is 0 Å². The number of benzene rings is 3. The van der Waals surface area contributed by atoms with Gasteiger partial charge in [-0.05, 0) is 72.7 Å². The standard InChI is InChI=1S/C33H32N6O4/c34-31(41)27-5-1-3-23-19-39(36-30(23)27)25-9-7-21(8-10-25)22-4-2-14-37(17-22)16-20-6-11-26-24(15-20)18-38(33(26)43)28-12-13-29(40)35-32(28)42/h1,3,5-11,15,19,22,28H,2,4,12-14,16-18H2,(H2,34,41)(H,35,40,42)/t22-,28?/m1/s1. The minimum atomic E-state index is -0.602. The van der Waals surface area contributed by atoms with Gasteiger partial charge in [-0.2, -0.15) is 5.10 Å². The van der Waals surface area contributed by atoms with Crippen molar-refractivity contribution >= 4 is 34.5 Å². The Morgan fingerprint density at radius 2 is 1.86 bits per heavy atom. The fourth-order valence-electron chi connectivity index (χ4n) is 6.73. The Morgan fingerprint density at radius 1 is 1.02 bits per heavy atom. The van der Waals surface area contributed by atoms with Crippen LogP contribution in [0.5, 0.6) is 0 Å². The number of carbonyl (C=O) groups excluding carboxylic acids is 4. The molecule has 2 fully saturated rings. The van der Waals surface area contributed by atoms with Gasteiger partial charge in [0.25, 0.3) is 11.8 Å². The van der Waals surface area contributed by atoms with Crippen LogP contribution in [0, 0.1) is 0 Å². The van der Waals surface area contributed by atoms with Gasteiger partial charge in [0.05, 0.1) is 11.3 Å². The van der Waals surface area contributed by atoms with Gasteiger partial charge < -0.3 is 10.6 Å². The van der Waals surface area contributed by atoms with Gasteiger partial charge in [0.2, 0.25) is 11.8 Å². The van der Waals surface area contributed by atoms with Gasteiger partial charge in [-0.25, -0.2) is 4.68 Å². The van der Waals surface area contributed by atoms with Crippen LogP contribution in [0.2, 0.25) is 0 Å². The van der Waals surface area contributed by atoms with Gasteiger partial charge in [0.15, 0.2) is 0 Å². The summed E-state index contributed by atoms with van der Waals surface area (Å²) >= 11 is 0. The van der Waals surface area contributed by atoms with Crippen LogP contribution in [-0.4, -0.2) is 62.3 Å². The molecule has 218 valence electrons. The van der Waals surface area contributed by atoms with E-state index in [9.17, 15) is 19.2 Å². The molecule has 0 saturated carbocycles. The predicted molar refractivity (Wildman–Crippen MR) is 159 cm³/mol. The number of rotatable bonds is 6. The summed E-state index contributed by atoms with van der Waals surface area (Å²) in [4.78, 5) is 52.9. The van der Waals surface area contributed by atoms with Crippen molar-refractivity contribution in [2.45, 2.75) is 50.7 Å². The number of nitrogens with two attached hydrogens (primary N) is 1. The van der Waals surface area contributed by atoms with E-state index in [1.807, 2.05) is 30.5 Å². The Hall–Kier alpha value is -4.83. The zero-order valence-electron chi connectivity index (χ0n) is 23.7. The van der Waals surface area contributed by atoms with Crippen molar-refractivity contribution < 1.29 is 19.2 Å². The molecule has 0 bridgehead atoms. The molecule has 1 aromatic heterocycles. The zero-order valence-corrected chi connectivity index (χ0v) is 23.7. The van der Waals surface area contributed by atoms with E-state index < -0.39 is 11.9 Å². The molecule has 2 atom stereocenters. The van der Waals surface area contributed by atoms with Crippen molar-refractivity contribution in [3.8, 4) is 5.69 Å². The maximum Gasteiger partial charge on any atom is 0.255 e. The van der Waals surface area contributed by atoms with E-state index in [1.54, 1.807) is 15.6 Å². The number of amides is 4. The van der Waals surface area contributed by atoms with E-state index >= 15 is 0 Å². The van der Waals surface area contributed by atoms with Crippen molar-refractivity contribution in [1.29, 1.82) is 0 Å². The molecule has 10 nitrogen and oxygen atoms in total. The molecule has 3 aliphatic heterocycles. The lowest BCUT2D eigenvalue weighted by molar-refractivity contribution is -0.136. The Balaban J connectivity index is 1.02. The smallest absolute Gasteiger partial charge is 0.255 e. The molecular weight excluding hydrogens is 544 g/mol. The maximum atomic E-state index is 13.1. The molecular formula is C33H32N6O4. The summed E-state index contributed by atoms with van der Waals surface area (Å²) < 4.78 is 1.79. The fourth-order valence-corrected chi connectivity index (χ4v) is 6.73. The van der Waals surface area contributed by atoms with Crippen molar-refractivity contribution in [2.75, 3.05) is 13.1 Å². The topological polar surface area (TPSA) is 131 Å². The van der Waals surface area contributed by atoms with Crippen LogP contribution in [-0.2, 0) is 22.7 Å². The number of nitrogens with zero attached hydrogens (tertiary/aromatic N) is 4. The molecule has 10 heteroatoms. The van der Waals surface area contributed by atoms with Crippen molar-refractivity contribution in [2.24, 2.45) is 5.73 Å². The van der Waals surface area contributed by atoms with Crippen LogP contribution in [0.3, 0.4) is 0 Å². The number of fused-ring (bicyclic) bond motifs is 2. The second-order valence-electron chi connectivity index (χ2n) is 11.7. The number of carbonyl (C=O) groups is 4. The number of aromatic nitrogens is 2. The van der Waals surface area contributed by atoms with Crippen LogP contribution < -0.4 is 11.1 Å². The first-order valence-electron chi connectivity index (χ1n) is 14.7. The second kappa shape index (κ2) is 10.8. The largest absolute Gasteiger partial charge is 0.366 e. The first-order valence-corrected chi connectivity index (χ1v) is 14.7. The van der Waals surface area contributed by atoms with Gasteiger partial charge in [-0.3, -0.25) is 29.4 Å². The Bertz CT molecular complexity index is 1780. The van der Waals surface area contributed by atoms with Gasteiger partial charge in [0, 0.05) is 43.2 Å². The number of primary amides is 1. The number of hydrogen-bond acceptors (Lipinski definition) is 6. The highest BCUT2D eigenvalue weighted by molar-refractivity contribution is 6.06. The van der Waals surface area contributed by atoms with Gasteiger partial charge >= 0.3 is 0 Å². The number of nitrogens with one attached hydrogen (secondary N) is 1. The molecule has 0 spiro atoms. The lowest BCUT2D eigenvalue weighted by Gasteiger charge is -2.33. The van der Waals surface area contributed by atoms with E-state index in [-0.39, 0.29) is 24.1 Å². The molecule has 0 aliphatic carbocycles. The first kappa shape index (κ1) is 27.0. The zero-order chi connectivity index (χ0) is 29.7. The van der Waals surface area contributed by atoms with Crippen molar-refractivity contribution in [3.63, 3.8) is 0 Å². The number of piperidine rings is 2. The minimum absolute atomic E-state index is 0.144. The van der Waals surface area contributed by atoms with E-state index in [1.165, 1.54) is 5.56 Å². The highest BCUT2D eigenvalue weighted by atomic mass is 16.2.